The maximum absolute atomic E-state index is 11.1. The van der Waals surface area contributed by atoms with Gasteiger partial charge in [-0.25, -0.2) is 4.79 Å². The first-order valence-electron chi connectivity index (χ1n) is 5.60. The summed E-state index contributed by atoms with van der Waals surface area (Å²) in [5.41, 5.74) is -0.0530. The van der Waals surface area contributed by atoms with Crippen LogP contribution in [0.5, 0.6) is 11.5 Å². The highest BCUT2D eigenvalue weighted by Crippen LogP contribution is 2.30. The molecule has 4 nitrogen and oxygen atoms in total. The Balaban J connectivity index is 2.27. The van der Waals surface area contributed by atoms with E-state index in [1.54, 1.807) is 6.07 Å². The lowest BCUT2D eigenvalue weighted by Gasteiger charge is -2.09. The number of halogens is 1. The summed E-state index contributed by atoms with van der Waals surface area (Å²) in [4.78, 5) is 11.1. The van der Waals surface area contributed by atoms with Crippen LogP contribution in [0, 0.1) is 0 Å². The topological polar surface area (TPSA) is 59.7 Å². The molecule has 5 heteroatoms. The molecule has 0 fully saturated rings. The van der Waals surface area contributed by atoms with Crippen molar-refractivity contribution in [3.8, 4) is 11.5 Å². The van der Waals surface area contributed by atoms with Crippen molar-refractivity contribution < 1.29 is 14.3 Å². The van der Waals surface area contributed by atoms with Crippen molar-refractivity contribution in [3.05, 3.63) is 34.7 Å². The summed E-state index contributed by atoms with van der Waals surface area (Å²) in [6.45, 7) is 2.25. The molecule has 1 aromatic heterocycles. The van der Waals surface area contributed by atoms with Crippen LogP contribution in [-0.2, 0) is 0 Å². The number of hydrogen-bond acceptors (Lipinski definition) is 4. The van der Waals surface area contributed by atoms with Crippen LogP contribution in [0.3, 0.4) is 0 Å². The zero-order valence-corrected chi connectivity index (χ0v) is 10.6. The van der Waals surface area contributed by atoms with Gasteiger partial charge in [-0.2, -0.15) is 0 Å². The Kier molecular flexibility index (Phi) is 3.77. The van der Waals surface area contributed by atoms with E-state index in [0.29, 0.717) is 24.0 Å². The van der Waals surface area contributed by atoms with Crippen LogP contribution in [0.2, 0.25) is 0 Å². The zero-order chi connectivity index (χ0) is 13.1. The molecule has 0 bridgehead atoms. The summed E-state index contributed by atoms with van der Waals surface area (Å²) in [6.07, 6.45) is 0.664. The number of rotatable bonds is 4. The molecule has 0 saturated heterocycles. The van der Waals surface area contributed by atoms with E-state index in [2.05, 4.69) is 0 Å². The van der Waals surface area contributed by atoms with Crippen LogP contribution < -0.4 is 10.4 Å². The SMILES string of the molecule is CC(Cl)CCOc1cc2oc(=O)ccc2cc1O. The van der Waals surface area contributed by atoms with E-state index < -0.39 is 5.63 Å². The van der Waals surface area contributed by atoms with E-state index in [1.165, 1.54) is 18.2 Å². The van der Waals surface area contributed by atoms with Gasteiger partial charge in [0.05, 0.1) is 6.61 Å². The van der Waals surface area contributed by atoms with Crippen molar-refractivity contribution in [2.45, 2.75) is 18.7 Å². The molecule has 0 saturated carbocycles. The van der Waals surface area contributed by atoms with E-state index in [1.807, 2.05) is 6.92 Å². The molecule has 0 aliphatic heterocycles. The summed E-state index contributed by atoms with van der Waals surface area (Å²) < 4.78 is 10.4. The smallest absolute Gasteiger partial charge is 0.336 e. The van der Waals surface area contributed by atoms with Crippen molar-refractivity contribution in [3.63, 3.8) is 0 Å². The number of fused-ring (bicyclic) bond motifs is 1. The third-order valence-electron chi connectivity index (χ3n) is 2.47. The zero-order valence-electron chi connectivity index (χ0n) is 9.85. The van der Waals surface area contributed by atoms with Crippen molar-refractivity contribution in [2.75, 3.05) is 6.61 Å². The van der Waals surface area contributed by atoms with Crippen LogP contribution in [0.4, 0.5) is 0 Å². The second-order valence-electron chi connectivity index (χ2n) is 4.03. The summed E-state index contributed by atoms with van der Waals surface area (Å²) in [5, 5.41) is 10.4. The lowest BCUT2D eigenvalue weighted by atomic mass is 10.2. The van der Waals surface area contributed by atoms with Crippen LogP contribution in [0.15, 0.2) is 33.5 Å². The lowest BCUT2D eigenvalue weighted by molar-refractivity contribution is 0.294. The molecule has 1 aromatic carbocycles. The first-order valence-corrected chi connectivity index (χ1v) is 6.03. The Hall–Kier alpha value is -1.68. The van der Waals surface area contributed by atoms with Gasteiger partial charge in [0.2, 0.25) is 0 Å². The molecular weight excluding hydrogens is 256 g/mol. The predicted octanol–water partition coefficient (Wildman–Crippen LogP) is 2.89. The minimum Gasteiger partial charge on any atom is -0.504 e. The first kappa shape index (κ1) is 12.8. The van der Waals surface area contributed by atoms with Gasteiger partial charge in [-0.15, -0.1) is 11.6 Å². The maximum Gasteiger partial charge on any atom is 0.336 e. The monoisotopic (exact) mass is 268 g/mol. The number of ether oxygens (including phenoxy) is 1. The number of phenolic OH excluding ortho intramolecular Hbond substituents is 1. The quantitative estimate of drug-likeness (QED) is 0.684. The number of phenols is 1. The van der Waals surface area contributed by atoms with E-state index >= 15 is 0 Å². The van der Waals surface area contributed by atoms with Gasteiger partial charge in [-0.05, 0) is 25.5 Å². The largest absolute Gasteiger partial charge is 0.504 e. The van der Waals surface area contributed by atoms with Gasteiger partial charge in [-0.1, -0.05) is 0 Å². The van der Waals surface area contributed by atoms with Crippen molar-refractivity contribution in [2.24, 2.45) is 0 Å². The number of alkyl halides is 1. The van der Waals surface area contributed by atoms with Gasteiger partial charge in [0.25, 0.3) is 0 Å². The van der Waals surface area contributed by atoms with Gasteiger partial charge < -0.3 is 14.3 Å². The van der Waals surface area contributed by atoms with Gasteiger partial charge in [0, 0.05) is 22.9 Å². The van der Waals surface area contributed by atoms with Gasteiger partial charge in [-0.3, -0.25) is 0 Å². The second kappa shape index (κ2) is 5.31. The molecule has 0 amide bonds. The number of benzene rings is 1. The van der Waals surface area contributed by atoms with Crippen LogP contribution in [0.1, 0.15) is 13.3 Å². The summed E-state index contributed by atoms with van der Waals surface area (Å²) >= 11 is 5.80. The van der Waals surface area contributed by atoms with Crippen LogP contribution >= 0.6 is 11.6 Å². The normalized spacial score (nSPS) is 12.6. The van der Waals surface area contributed by atoms with E-state index in [-0.39, 0.29) is 16.9 Å². The summed E-state index contributed by atoms with van der Waals surface area (Å²) in [7, 11) is 0. The predicted molar refractivity (Wildman–Crippen MR) is 69.6 cm³/mol. The molecule has 0 spiro atoms. The van der Waals surface area contributed by atoms with Gasteiger partial charge >= 0.3 is 5.63 Å². The summed E-state index contributed by atoms with van der Waals surface area (Å²) in [6, 6.07) is 5.89. The molecule has 2 aromatic rings. The Morgan fingerprint density at radius 3 is 2.94 bits per heavy atom. The molecule has 0 aliphatic rings. The number of aromatic hydroxyl groups is 1. The third kappa shape index (κ3) is 2.96. The highest BCUT2D eigenvalue weighted by Gasteiger charge is 2.07. The Morgan fingerprint density at radius 1 is 1.44 bits per heavy atom. The van der Waals surface area contributed by atoms with Gasteiger partial charge in [0.1, 0.15) is 5.58 Å². The Bertz CT molecular complexity index is 603. The fraction of sp³-hybridized carbons (Fsp3) is 0.308. The molecule has 1 unspecified atom stereocenters. The third-order valence-corrected chi connectivity index (χ3v) is 2.69. The number of hydrogen-bond donors (Lipinski definition) is 1. The molecule has 2 rings (SSSR count). The fourth-order valence-corrected chi connectivity index (χ4v) is 1.62. The fourth-order valence-electron chi connectivity index (χ4n) is 1.53. The molecule has 1 atom stereocenters. The van der Waals surface area contributed by atoms with Crippen LogP contribution in [-0.4, -0.2) is 17.1 Å². The highest BCUT2D eigenvalue weighted by atomic mass is 35.5. The molecule has 1 heterocycles. The maximum atomic E-state index is 11.1. The summed E-state index contributed by atoms with van der Waals surface area (Å²) in [5.74, 6) is 0.299. The van der Waals surface area contributed by atoms with Crippen molar-refractivity contribution in [1.29, 1.82) is 0 Å². The minimum absolute atomic E-state index is 0.00512. The Labute approximate surface area is 109 Å². The van der Waals surface area contributed by atoms with Crippen molar-refractivity contribution >= 4 is 22.6 Å². The molecule has 18 heavy (non-hydrogen) atoms. The molecule has 0 radical (unpaired) electrons. The molecule has 0 aliphatic carbocycles. The standard InChI is InChI=1S/C13H13ClO4/c1-8(14)4-5-17-12-7-11-9(6-10(12)15)2-3-13(16)18-11/h2-3,6-8,15H,4-5H2,1H3. The average molecular weight is 269 g/mol. The van der Waals surface area contributed by atoms with Gasteiger partial charge in [0.15, 0.2) is 11.5 Å². The van der Waals surface area contributed by atoms with E-state index in [9.17, 15) is 9.90 Å². The molecule has 96 valence electrons. The minimum atomic E-state index is -0.437. The average Bonchev–Trinajstić information content (AvgIpc) is 2.30. The first-order chi connectivity index (χ1) is 8.56. The van der Waals surface area contributed by atoms with Crippen LogP contribution in [0.25, 0.3) is 11.0 Å². The molecular formula is C13H13ClO4. The van der Waals surface area contributed by atoms with E-state index in [4.69, 9.17) is 20.8 Å². The van der Waals surface area contributed by atoms with Crippen molar-refractivity contribution in [1.82, 2.24) is 0 Å². The van der Waals surface area contributed by atoms with E-state index in [0.717, 1.165) is 0 Å². The lowest BCUT2D eigenvalue weighted by Crippen LogP contribution is -2.03. The highest BCUT2D eigenvalue weighted by molar-refractivity contribution is 6.20. The molecule has 1 N–H and O–H groups in total. The Morgan fingerprint density at radius 2 is 2.22 bits per heavy atom. The second-order valence-corrected chi connectivity index (χ2v) is 4.78.